The van der Waals surface area contributed by atoms with Crippen molar-refractivity contribution in [3.05, 3.63) is 90.0 Å². The van der Waals surface area contributed by atoms with Crippen LogP contribution in [0.1, 0.15) is 17.5 Å². The molecule has 32 heavy (non-hydrogen) atoms. The first-order valence-corrected chi connectivity index (χ1v) is 11.7. The van der Waals surface area contributed by atoms with Crippen LogP contribution in [0.4, 0.5) is 16.2 Å². The smallest absolute Gasteiger partial charge is 0.320 e. The van der Waals surface area contributed by atoms with Gasteiger partial charge in [0.15, 0.2) is 0 Å². The fraction of sp³-hybridized carbons (Fsp3) is 0.167. The van der Waals surface area contributed by atoms with E-state index in [9.17, 15) is 18.5 Å². The summed E-state index contributed by atoms with van der Waals surface area (Å²) >= 11 is 0. The summed E-state index contributed by atoms with van der Waals surface area (Å²) in [7, 11) is -3.68. The number of sulfonamides is 1. The molecule has 4 rings (SSSR count). The van der Waals surface area contributed by atoms with Gasteiger partial charge in [0.1, 0.15) is 0 Å². The fourth-order valence-corrected chi connectivity index (χ4v) is 4.74. The first-order valence-electron chi connectivity index (χ1n) is 10.2. The molecule has 8 heteroatoms. The van der Waals surface area contributed by atoms with Crippen molar-refractivity contribution in [2.45, 2.75) is 17.9 Å². The van der Waals surface area contributed by atoms with E-state index in [4.69, 9.17) is 0 Å². The summed E-state index contributed by atoms with van der Waals surface area (Å²) in [5.74, 6) is 0. The molecule has 1 heterocycles. The standard InChI is InChI=1S/C24H22N4O3S/c25-17-19-7-4-5-8-20(19)18-27-15-6-16-28(24(27)29)22-13-11-21(12-14-22)26-32(30,31)23-9-2-1-3-10-23/h1-5,7-14,26H,6,15-16,18H2. The zero-order valence-electron chi connectivity index (χ0n) is 17.3. The number of carbonyl (C=O) groups is 1. The van der Waals surface area contributed by atoms with Gasteiger partial charge in [-0.2, -0.15) is 5.26 Å². The van der Waals surface area contributed by atoms with E-state index in [0.29, 0.717) is 36.6 Å². The first kappa shape index (κ1) is 21.4. The highest BCUT2D eigenvalue weighted by atomic mass is 32.2. The molecule has 1 fully saturated rings. The molecule has 1 N–H and O–H groups in total. The Balaban J connectivity index is 1.48. The molecule has 162 valence electrons. The molecule has 0 aromatic heterocycles. The van der Waals surface area contributed by atoms with E-state index >= 15 is 0 Å². The lowest BCUT2D eigenvalue weighted by Gasteiger charge is -2.36. The second kappa shape index (κ2) is 9.12. The topological polar surface area (TPSA) is 93.5 Å². The lowest BCUT2D eigenvalue weighted by molar-refractivity contribution is 0.192. The molecule has 0 atom stereocenters. The Hall–Kier alpha value is -3.83. The number of carbonyl (C=O) groups excluding carboxylic acids is 1. The van der Waals surface area contributed by atoms with Gasteiger partial charge in [-0.1, -0.05) is 36.4 Å². The van der Waals surface area contributed by atoms with Gasteiger partial charge in [-0.3, -0.25) is 9.62 Å². The Bertz CT molecular complexity index is 1250. The van der Waals surface area contributed by atoms with Crippen LogP contribution < -0.4 is 9.62 Å². The third-order valence-electron chi connectivity index (χ3n) is 5.29. The number of nitrogens with zero attached hydrogens (tertiary/aromatic N) is 3. The number of amides is 2. The number of nitrogens with one attached hydrogen (secondary N) is 1. The minimum atomic E-state index is -3.68. The molecule has 0 unspecified atom stereocenters. The van der Waals surface area contributed by atoms with Crippen molar-refractivity contribution in [2.24, 2.45) is 0 Å². The summed E-state index contributed by atoms with van der Waals surface area (Å²) in [5, 5.41) is 9.31. The molecule has 3 aromatic carbocycles. The average molecular weight is 447 g/mol. The maximum absolute atomic E-state index is 13.1. The molecule has 0 saturated carbocycles. The molecule has 3 aromatic rings. The Morgan fingerprint density at radius 3 is 2.31 bits per heavy atom. The predicted octanol–water partition coefficient (Wildman–Crippen LogP) is 4.19. The fourth-order valence-electron chi connectivity index (χ4n) is 3.66. The summed E-state index contributed by atoms with van der Waals surface area (Å²) in [6.07, 6.45) is 0.794. The van der Waals surface area contributed by atoms with Crippen molar-refractivity contribution < 1.29 is 13.2 Å². The first-order chi connectivity index (χ1) is 15.5. The van der Waals surface area contributed by atoms with Gasteiger partial charge >= 0.3 is 6.03 Å². The van der Waals surface area contributed by atoms with E-state index in [1.165, 1.54) is 12.1 Å². The van der Waals surface area contributed by atoms with Gasteiger partial charge < -0.3 is 4.90 Å². The van der Waals surface area contributed by atoms with Crippen molar-refractivity contribution in [3.63, 3.8) is 0 Å². The summed E-state index contributed by atoms with van der Waals surface area (Å²) in [6.45, 7) is 1.56. The van der Waals surface area contributed by atoms with E-state index in [1.54, 1.807) is 64.4 Å². The van der Waals surface area contributed by atoms with Crippen molar-refractivity contribution in [3.8, 4) is 6.07 Å². The minimum Gasteiger partial charge on any atom is -0.320 e. The van der Waals surface area contributed by atoms with Gasteiger partial charge in [0.25, 0.3) is 10.0 Å². The summed E-state index contributed by atoms with van der Waals surface area (Å²) in [5.41, 5.74) is 2.49. The molecule has 1 aliphatic heterocycles. The lowest BCUT2D eigenvalue weighted by Crippen LogP contribution is -2.49. The molecular formula is C24H22N4O3S. The van der Waals surface area contributed by atoms with E-state index in [-0.39, 0.29) is 10.9 Å². The molecule has 1 saturated heterocycles. The molecule has 0 spiro atoms. The monoisotopic (exact) mass is 446 g/mol. The number of rotatable bonds is 6. The van der Waals surface area contributed by atoms with Gasteiger partial charge in [-0.15, -0.1) is 0 Å². The van der Waals surface area contributed by atoms with E-state index in [0.717, 1.165) is 12.0 Å². The number of nitriles is 1. The SMILES string of the molecule is N#Cc1ccccc1CN1CCCN(c2ccc(NS(=O)(=O)c3ccccc3)cc2)C1=O. The highest BCUT2D eigenvalue weighted by Crippen LogP contribution is 2.25. The summed E-state index contributed by atoms with van der Waals surface area (Å²) in [6, 6.07) is 24.2. The maximum atomic E-state index is 13.1. The molecule has 7 nitrogen and oxygen atoms in total. The van der Waals surface area contributed by atoms with Crippen LogP contribution in [0.2, 0.25) is 0 Å². The average Bonchev–Trinajstić information content (AvgIpc) is 2.82. The minimum absolute atomic E-state index is 0.137. The molecular weight excluding hydrogens is 424 g/mol. The third-order valence-corrected chi connectivity index (χ3v) is 6.69. The van der Waals surface area contributed by atoms with Gasteiger partial charge in [0.2, 0.25) is 0 Å². The quantitative estimate of drug-likeness (QED) is 0.614. The Morgan fingerprint density at radius 2 is 1.59 bits per heavy atom. The van der Waals surface area contributed by atoms with Gasteiger partial charge in [0.05, 0.1) is 16.5 Å². The maximum Gasteiger partial charge on any atom is 0.324 e. The summed E-state index contributed by atoms with van der Waals surface area (Å²) in [4.78, 5) is 16.7. The van der Waals surface area contributed by atoms with Gasteiger partial charge in [-0.25, -0.2) is 13.2 Å². The number of benzene rings is 3. The highest BCUT2D eigenvalue weighted by molar-refractivity contribution is 7.92. The van der Waals surface area contributed by atoms with Crippen LogP contribution in [-0.4, -0.2) is 32.4 Å². The Kier molecular flexibility index (Phi) is 6.10. The molecule has 0 aliphatic carbocycles. The van der Waals surface area contributed by atoms with E-state index < -0.39 is 10.0 Å². The second-order valence-electron chi connectivity index (χ2n) is 7.44. The lowest BCUT2D eigenvalue weighted by atomic mass is 10.1. The number of anilines is 2. The van der Waals surface area contributed by atoms with Crippen LogP contribution in [0.25, 0.3) is 0 Å². The summed E-state index contributed by atoms with van der Waals surface area (Å²) < 4.78 is 27.6. The second-order valence-corrected chi connectivity index (χ2v) is 9.13. The largest absolute Gasteiger partial charge is 0.324 e. The Labute approximate surface area is 187 Å². The van der Waals surface area contributed by atoms with E-state index in [1.807, 2.05) is 12.1 Å². The molecule has 0 radical (unpaired) electrons. The molecule has 1 aliphatic rings. The number of urea groups is 1. The van der Waals surface area contributed by atoms with Crippen LogP contribution in [0, 0.1) is 11.3 Å². The zero-order chi connectivity index (χ0) is 22.6. The van der Waals surface area contributed by atoms with Crippen molar-refractivity contribution in [1.29, 1.82) is 5.26 Å². The van der Waals surface area contributed by atoms with Crippen LogP contribution in [0.3, 0.4) is 0 Å². The van der Waals surface area contributed by atoms with Gasteiger partial charge in [0, 0.05) is 31.0 Å². The van der Waals surface area contributed by atoms with Crippen LogP contribution in [-0.2, 0) is 16.6 Å². The number of hydrogen-bond acceptors (Lipinski definition) is 4. The number of hydrogen-bond donors (Lipinski definition) is 1. The van der Waals surface area contributed by atoms with Gasteiger partial charge in [-0.05, 0) is 54.4 Å². The van der Waals surface area contributed by atoms with Crippen molar-refractivity contribution in [1.82, 2.24) is 4.90 Å². The molecule has 0 bridgehead atoms. The van der Waals surface area contributed by atoms with Crippen LogP contribution >= 0.6 is 0 Å². The van der Waals surface area contributed by atoms with Crippen LogP contribution in [0.5, 0.6) is 0 Å². The third kappa shape index (κ3) is 4.58. The predicted molar refractivity (Wildman–Crippen MR) is 123 cm³/mol. The molecule has 2 amide bonds. The zero-order valence-corrected chi connectivity index (χ0v) is 18.1. The van der Waals surface area contributed by atoms with E-state index in [2.05, 4.69) is 10.8 Å². The Morgan fingerprint density at radius 1 is 0.906 bits per heavy atom. The highest BCUT2D eigenvalue weighted by Gasteiger charge is 2.27. The normalized spacial score (nSPS) is 14.2. The van der Waals surface area contributed by atoms with Crippen LogP contribution in [0.15, 0.2) is 83.8 Å². The van der Waals surface area contributed by atoms with Crippen molar-refractivity contribution >= 4 is 27.4 Å². The van der Waals surface area contributed by atoms with Crippen molar-refractivity contribution in [2.75, 3.05) is 22.7 Å².